The standard InChI is InChI=1S/C20H23N11O/c1-4-31-18(13-7-21-12(2)22-8-13)26-16-17(23-11-24-19(16)31)25-14-5-6-30(9-14)20(32)15-10-29(3)28-27-15/h7-8,10-11,14H,4-6,9H2,1-3H3,(H,23,24,25). The highest BCUT2D eigenvalue weighted by Crippen LogP contribution is 2.27. The summed E-state index contributed by atoms with van der Waals surface area (Å²) in [4.78, 5) is 36.8. The zero-order valence-corrected chi connectivity index (χ0v) is 18.1. The lowest BCUT2D eigenvalue weighted by Crippen LogP contribution is -2.32. The largest absolute Gasteiger partial charge is 0.364 e. The average Bonchev–Trinajstić information content (AvgIpc) is 3.52. The molecule has 5 heterocycles. The fourth-order valence-corrected chi connectivity index (χ4v) is 3.93. The molecule has 1 atom stereocenters. The van der Waals surface area contributed by atoms with Crippen molar-refractivity contribution < 1.29 is 4.79 Å². The fourth-order valence-electron chi connectivity index (χ4n) is 3.93. The topological polar surface area (TPSA) is 132 Å². The zero-order chi connectivity index (χ0) is 22.2. The molecule has 0 saturated carbocycles. The van der Waals surface area contributed by atoms with Crippen LogP contribution in [-0.4, -0.2) is 74.4 Å². The highest BCUT2D eigenvalue weighted by molar-refractivity contribution is 5.92. The van der Waals surface area contributed by atoms with Gasteiger partial charge in [-0.05, 0) is 20.3 Å². The van der Waals surface area contributed by atoms with Crippen LogP contribution in [-0.2, 0) is 13.6 Å². The third kappa shape index (κ3) is 3.53. The average molecular weight is 433 g/mol. The number of rotatable bonds is 5. The van der Waals surface area contributed by atoms with Crippen LogP contribution in [0.2, 0.25) is 0 Å². The Bertz CT molecular complexity index is 1280. The van der Waals surface area contributed by atoms with Crippen molar-refractivity contribution in [3.8, 4) is 11.4 Å². The Morgan fingerprint density at radius 2 is 2.03 bits per heavy atom. The lowest BCUT2D eigenvalue weighted by atomic mass is 10.2. The Kier molecular flexibility index (Phi) is 4.96. The zero-order valence-electron chi connectivity index (χ0n) is 18.1. The van der Waals surface area contributed by atoms with Gasteiger partial charge in [-0.1, -0.05) is 5.21 Å². The first-order chi connectivity index (χ1) is 15.5. The van der Waals surface area contributed by atoms with Gasteiger partial charge in [-0.3, -0.25) is 9.48 Å². The van der Waals surface area contributed by atoms with Crippen molar-refractivity contribution >= 4 is 22.9 Å². The van der Waals surface area contributed by atoms with Crippen molar-refractivity contribution in [2.24, 2.45) is 7.05 Å². The number of carbonyl (C=O) groups excluding carboxylic acids is 1. The Morgan fingerprint density at radius 1 is 1.22 bits per heavy atom. The van der Waals surface area contributed by atoms with E-state index in [-0.39, 0.29) is 11.9 Å². The lowest BCUT2D eigenvalue weighted by molar-refractivity contribution is 0.0785. The number of hydrogen-bond donors (Lipinski definition) is 1. The Hall–Kier alpha value is -3.96. The Morgan fingerprint density at radius 3 is 2.75 bits per heavy atom. The van der Waals surface area contributed by atoms with Crippen molar-refractivity contribution in [3.63, 3.8) is 0 Å². The maximum absolute atomic E-state index is 12.7. The number of aryl methyl sites for hydroxylation is 3. The van der Waals surface area contributed by atoms with E-state index in [4.69, 9.17) is 4.98 Å². The third-order valence-electron chi connectivity index (χ3n) is 5.53. The van der Waals surface area contributed by atoms with Gasteiger partial charge in [-0.15, -0.1) is 5.10 Å². The molecule has 0 radical (unpaired) electrons. The highest BCUT2D eigenvalue weighted by atomic mass is 16.2. The monoisotopic (exact) mass is 433 g/mol. The minimum Gasteiger partial charge on any atom is -0.364 e. The van der Waals surface area contributed by atoms with E-state index < -0.39 is 0 Å². The maximum Gasteiger partial charge on any atom is 0.276 e. The molecule has 1 saturated heterocycles. The predicted octanol–water partition coefficient (Wildman–Crippen LogP) is 1.07. The number of fused-ring (bicyclic) bond motifs is 1. The van der Waals surface area contributed by atoms with Crippen LogP contribution < -0.4 is 5.32 Å². The molecule has 0 aromatic carbocycles. The summed E-state index contributed by atoms with van der Waals surface area (Å²) in [5, 5.41) is 11.2. The second-order valence-corrected chi connectivity index (χ2v) is 7.75. The summed E-state index contributed by atoms with van der Waals surface area (Å²) in [6.45, 7) is 5.77. The highest BCUT2D eigenvalue weighted by Gasteiger charge is 2.29. The number of amides is 1. The molecule has 0 bridgehead atoms. The summed E-state index contributed by atoms with van der Waals surface area (Å²) in [7, 11) is 1.74. The summed E-state index contributed by atoms with van der Waals surface area (Å²) in [5.41, 5.74) is 2.60. The molecule has 1 fully saturated rings. The van der Waals surface area contributed by atoms with E-state index in [1.165, 1.54) is 11.0 Å². The van der Waals surface area contributed by atoms with Gasteiger partial charge in [0, 0.05) is 45.1 Å². The van der Waals surface area contributed by atoms with E-state index in [1.54, 1.807) is 30.5 Å². The minimum absolute atomic E-state index is 0.0478. The normalized spacial score (nSPS) is 16.1. The van der Waals surface area contributed by atoms with Gasteiger partial charge in [0.25, 0.3) is 5.91 Å². The molecule has 1 aliphatic rings. The molecular weight excluding hydrogens is 410 g/mol. The van der Waals surface area contributed by atoms with Crippen molar-refractivity contribution in [2.75, 3.05) is 18.4 Å². The molecule has 164 valence electrons. The first-order valence-corrected chi connectivity index (χ1v) is 10.5. The van der Waals surface area contributed by atoms with E-state index in [9.17, 15) is 4.79 Å². The summed E-state index contributed by atoms with van der Waals surface area (Å²) in [6, 6.07) is 0.0478. The maximum atomic E-state index is 12.7. The Labute approximate surface area is 183 Å². The van der Waals surface area contributed by atoms with E-state index in [2.05, 4.69) is 35.6 Å². The summed E-state index contributed by atoms with van der Waals surface area (Å²) < 4.78 is 3.55. The van der Waals surface area contributed by atoms with Gasteiger partial charge in [0.05, 0.1) is 11.8 Å². The van der Waals surface area contributed by atoms with Crippen LogP contribution in [0.4, 0.5) is 5.82 Å². The number of likely N-dealkylation sites (tertiary alicyclic amines) is 1. The van der Waals surface area contributed by atoms with Crippen LogP contribution in [0.25, 0.3) is 22.6 Å². The molecule has 1 unspecified atom stereocenters. The van der Waals surface area contributed by atoms with Gasteiger partial charge in [0.2, 0.25) is 0 Å². The van der Waals surface area contributed by atoms with Crippen molar-refractivity contribution in [1.29, 1.82) is 0 Å². The van der Waals surface area contributed by atoms with Gasteiger partial charge in [0.1, 0.15) is 18.0 Å². The number of hydrogen-bond acceptors (Lipinski definition) is 9. The predicted molar refractivity (Wildman–Crippen MR) is 116 cm³/mol. The van der Waals surface area contributed by atoms with Crippen LogP contribution in [0, 0.1) is 6.92 Å². The Balaban J connectivity index is 1.40. The van der Waals surface area contributed by atoms with Crippen molar-refractivity contribution in [3.05, 3.63) is 36.4 Å². The van der Waals surface area contributed by atoms with Gasteiger partial charge >= 0.3 is 0 Å². The summed E-state index contributed by atoms with van der Waals surface area (Å²) in [5.74, 6) is 1.98. The lowest BCUT2D eigenvalue weighted by Gasteiger charge is -2.16. The van der Waals surface area contributed by atoms with Crippen molar-refractivity contribution in [2.45, 2.75) is 32.9 Å². The molecule has 4 aromatic heterocycles. The number of imidazole rings is 1. The molecule has 12 heteroatoms. The van der Waals surface area contributed by atoms with Crippen LogP contribution in [0.1, 0.15) is 29.7 Å². The molecule has 4 aromatic rings. The molecule has 12 nitrogen and oxygen atoms in total. The first kappa shape index (κ1) is 20.0. The van der Waals surface area contributed by atoms with E-state index >= 15 is 0 Å². The number of aromatic nitrogens is 9. The molecule has 5 rings (SSSR count). The van der Waals surface area contributed by atoms with Gasteiger partial charge < -0.3 is 14.8 Å². The van der Waals surface area contributed by atoms with Crippen LogP contribution >= 0.6 is 0 Å². The van der Waals surface area contributed by atoms with Crippen LogP contribution in [0.15, 0.2) is 24.9 Å². The van der Waals surface area contributed by atoms with Crippen molar-refractivity contribution in [1.82, 2.24) is 49.4 Å². The fraction of sp³-hybridized carbons (Fsp3) is 0.400. The molecular formula is C20H23N11O. The van der Waals surface area contributed by atoms with E-state index in [0.29, 0.717) is 42.5 Å². The number of nitrogens with zero attached hydrogens (tertiary/aromatic N) is 10. The van der Waals surface area contributed by atoms with Crippen LogP contribution in [0.5, 0.6) is 0 Å². The molecule has 1 amide bonds. The van der Waals surface area contributed by atoms with Gasteiger partial charge in [-0.2, -0.15) is 0 Å². The van der Waals surface area contributed by atoms with E-state index in [1.807, 2.05) is 18.4 Å². The SMILES string of the molecule is CCn1c(-c2cnc(C)nc2)nc2c(NC3CCN(C(=O)c4cn(C)nn4)C3)ncnc21. The second-order valence-electron chi connectivity index (χ2n) is 7.75. The smallest absolute Gasteiger partial charge is 0.276 e. The minimum atomic E-state index is -0.118. The molecule has 32 heavy (non-hydrogen) atoms. The molecule has 0 aliphatic carbocycles. The number of anilines is 1. The quantitative estimate of drug-likeness (QED) is 0.490. The van der Waals surface area contributed by atoms with Gasteiger partial charge in [-0.25, -0.2) is 24.9 Å². The second kappa shape index (κ2) is 7.94. The third-order valence-corrected chi connectivity index (χ3v) is 5.53. The van der Waals surface area contributed by atoms with Gasteiger partial charge in [0.15, 0.2) is 22.7 Å². The molecule has 1 N–H and O–H groups in total. The number of nitrogens with one attached hydrogen (secondary N) is 1. The molecule has 1 aliphatic heterocycles. The van der Waals surface area contributed by atoms with E-state index in [0.717, 1.165) is 23.5 Å². The number of carbonyl (C=O) groups is 1. The first-order valence-electron chi connectivity index (χ1n) is 10.5. The van der Waals surface area contributed by atoms with Crippen LogP contribution in [0.3, 0.4) is 0 Å². The summed E-state index contributed by atoms with van der Waals surface area (Å²) >= 11 is 0. The molecule has 0 spiro atoms. The summed E-state index contributed by atoms with van der Waals surface area (Å²) in [6.07, 6.45) is 7.49.